The van der Waals surface area contributed by atoms with E-state index >= 15 is 0 Å². The van der Waals surface area contributed by atoms with Gasteiger partial charge in [0.25, 0.3) is 0 Å². The molecule has 110 valence electrons. The van der Waals surface area contributed by atoms with Crippen molar-refractivity contribution in [2.75, 3.05) is 10.8 Å². The average molecular weight is 331 g/mol. The van der Waals surface area contributed by atoms with Crippen LogP contribution in [0.1, 0.15) is 0 Å². The number of thioether (sulfide) groups is 1. The van der Waals surface area contributed by atoms with Gasteiger partial charge in [0.1, 0.15) is 6.67 Å². The molecule has 2 aromatic heterocycles. The van der Waals surface area contributed by atoms with Crippen molar-refractivity contribution < 1.29 is 0 Å². The summed E-state index contributed by atoms with van der Waals surface area (Å²) in [6.45, 7) is 0.612. The molecule has 1 aliphatic rings. The number of halogens is 1. The van der Waals surface area contributed by atoms with E-state index < -0.39 is 0 Å². The smallest absolute Gasteiger partial charge is 0.227 e. The number of rotatable bonds is 2. The highest BCUT2D eigenvalue weighted by atomic mass is 35.5. The molecule has 8 heteroatoms. The van der Waals surface area contributed by atoms with Gasteiger partial charge in [0.05, 0.1) is 5.88 Å². The van der Waals surface area contributed by atoms with Crippen molar-refractivity contribution in [3.63, 3.8) is 0 Å². The quantitative estimate of drug-likeness (QED) is 0.720. The van der Waals surface area contributed by atoms with Crippen molar-refractivity contribution in [1.82, 2.24) is 24.7 Å². The third-order valence-corrected chi connectivity index (χ3v) is 4.53. The second-order valence-corrected chi connectivity index (χ2v) is 6.10. The fourth-order valence-electron chi connectivity index (χ4n) is 2.29. The molecule has 0 spiro atoms. The van der Waals surface area contributed by atoms with Gasteiger partial charge in [-0.2, -0.15) is 0 Å². The number of hydrogen-bond donors (Lipinski definition) is 0. The molecule has 0 saturated heterocycles. The Bertz CT molecular complexity index is 806. The van der Waals surface area contributed by atoms with Crippen LogP contribution in [-0.2, 0) is 6.67 Å². The number of nitrogens with zero attached hydrogens (tertiary/aromatic N) is 6. The lowest BCUT2D eigenvalue weighted by atomic mass is 10.2. The fraction of sp³-hybridized carbons (Fsp3) is 0.143. The van der Waals surface area contributed by atoms with Crippen molar-refractivity contribution in [3.8, 4) is 11.4 Å². The van der Waals surface area contributed by atoms with Gasteiger partial charge < -0.3 is 4.90 Å². The molecule has 0 amide bonds. The summed E-state index contributed by atoms with van der Waals surface area (Å²) in [6, 6.07) is 9.43. The zero-order valence-electron chi connectivity index (χ0n) is 11.4. The Morgan fingerprint density at radius 2 is 1.95 bits per heavy atom. The van der Waals surface area contributed by atoms with Gasteiger partial charge in [0.15, 0.2) is 11.0 Å². The van der Waals surface area contributed by atoms with Gasteiger partial charge in [-0.15, -0.1) is 10.2 Å². The summed E-state index contributed by atoms with van der Waals surface area (Å²) < 4.78 is 2.05. The molecule has 0 fully saturated rings. The van der Waals surface area contributed by atoms with Crippen LogP contribution >= 0.6 is 23.4 Å². The highest BCUT2D eigenvalue weighted by Crippen LogP contribution is 2.30. The maximum Gasteiger partial charge on any atom is 0.227 e. The molecule has 0 saturated carbocycles. The lowest BCUT2D eigenvalue weighted by molar-refractivity contribution is 0.597. The van der Waals surface area contributed by atoms with Crippen LogP contribution < -0.4 is 4.90 Å². The Labute approximate surface area is 136 Å². The van der Waals surface area contributed by atoms with Crippen molar-refractivity contribution in [2.45, 2.75) is 11.8 Å². The Kier molecular flexibility index (Phi) is 3.44. The second kappa shape index (κ2) is 5.58. The zero-order chi connectivity index (χ0) is 14.9. The zero-order valence-corrected chi connectivity index (χ0v) is 13.0. The van der Waals surface area contributed by atoms with Crippen LogP contribution in [0.25, 0.3) is 11.4 Å². The Morgan fingerprint density at radius 1 is 1.09 bits per heavy atom. The fourth-order valence-corrected chi connectivity index (χ4v) is 3.34. The molecule has 0 bridgehead atoms. The van der Waals surface area contributed by atoms with Crippen LogP contribution in [0.4, 0.5) is 5.95 Å². The first-order valence-electron chi connectivity index (χ1n) is 6.65. The minimum absolute atomic E-state index is 0.612. The minimum atomic E-state index is 0.612. The van der Waals surface area contributed by atoms with Gasteiger partial charge in [0, 0.05) is 23.0 Å². The molecule has 3 aromatic rings. The number of fused-ring (bicyclic) bond motifs is 1. The lowest BCUT2D eigenvalue weighted by Crippen LogP contribution is -2.31. The van der Waals surface area contributed by atoms with E-state index in [2.05, 4.69) is 29.6 Å². The second-order valence-electron chi connectivity index (χ2n) is 4.75. The topological polar surface area (TPSA) is 59.7 Å². The number of hydrogen-bond acceptors (Lipinski definition) is 6. The van der Waals surface area contributed by atoms with Crippen molar-refractivity contribution in [1.29, 1.82) is 0 Å². The van der Waals surface area contributed by atoms with E-state index in [1.165, 1.54) is 0 Å². The van der Waals surface area contributed by atoms with Crippen molar-refractivity contribution in [3.05, 3.63) is 47.7 Å². The number of benzene rings is 1. The molecule has 0 unspecified atom stereocenters. The van der Waals surface area contributed by atoms with Gasteiger partial charge in [-0.1, -0.05) is 35.5 Å². The molecule has 0 atom stereocenters. The molecule has 22 heavy (non-hydrogen) atoms. The van der Waals surface area contributed by atoms with Gasteiger partial charge in [-0.05, 0) is 18.2 Å². The van der Waals surface area contributed by atoms with Gasteiger partial charge in [-0.3, -0.25) is 4.57 Å². The van der Waals surface area contributed by atoms with E-state index in [0.29, 0.717) is 17.6 Å². The van der Waals surface area contributed by atoms with Crippen LogP contribution in [0.5, 0.6) is 0 Å². The van der Waals surface area contributed by atoms with Crippen LogP contribution in [0.15, 0.2) is 47.9 Å². The SMILES string of the molecule is Clc1cccc(-c2nnc3n2CN(c2ncccn2)CS3)c1. The van der Waals surface area contributed by atoms with Crippen LogP contribution in [0, 0.1) is 0 Å². The van der Waals surface area contributed by atoms with Crippen molar-refractivity contribution in [2.24, 2.45) is 0 Å². The highest BCUT2D eigenvalue weighted by Gasteiger charge is 2.23. The normalized spacial score (nSPS) is 14.0. The van der Waals surface area contributed by atoms with E-state index in [1.807, 2.05) is 30.3 Å². The molecular weight excluding hydrogens is 320 g/mol. The van der Waals surface area contributed by atoms with E-state index in [1.54, 1.807) is 24.2 Å². The third kappa shape index (κ3) is 2.42. The standard InChI is InChI=1S/C14H11ClN6S/c15-11-4-1-3-10(7-11)12-18-19-14-21(12)8-20(9-22-14)13-16-5-2-6-17-13/h1-7H,8-9H2. The summed E-state index contributed by atoms with van der Waals surface area (Å²) in [4.78, 5) is 10.7. The summed E-state index contributed by atoms with van der Waals surface area (Å²) in [7, 11) is 0. The molecule has 1 aliphatic heterocycles. The first-order chi connectivity index (χ1) is 10.8. The number of anilines is 1. The van der Waals surface area contributed by atoms with E-state index in [4.69, 9.17) is 11.6 Å². The largest absolute Gasteiger partial charge is 0.313 e. The summed E-state index contributed by atoms with van der Waals surface area (Å²) in [6.07, 6.45) is 3.49. The molecule has 0 radical (unpaired) electrons. The monoisotopic (exact) mass is 330 g/mol. The predicted octanol–water partition coefficient (Wildman–Crippen LogP) is 2.92. The highest BCUT2D eigenvalue weighted by molar-refractivity contribution is 7.99. The summed E-state index contributed by atoms with van der Waals surface area (Å²) in [5, 5.41) is 10.1. The molecule has 0 aliphatic carbocycles. The Morgan fingerprint density at radius 3 is 2.77 bits per heavy atom. The predicted molar refractivity (Wildman–Crippen MR) is 85.7 cm³/mol. The molecule has 1 aromatic carbocycles. The average Bonchev–Trinajstić information content (AvgIpc) is 2.99. The summed E-state index contributed by atoms with van der Waals surface area (Å²) in [5.41, 5.74) is 0.947. The maximum atomic E-state index is 6.08. The van der Waals surface area contributed by atoms with Crippen LogP contribution in [-0.4, -0.2) is 30.6 Å². The minimum Gasteiger partial charge on any atom is -0.313 e. The Hall–Kier alpha value is -2.12. The number of aromatic nitrogens is 5. The van der Waals surface area contributed by atoms with Crippen LogP contribution in [0.3, 0.4) is 0 Å². The van der Waals surface area contributed by atoms with Gasteiger partial charge in [0.2, 0.25) is 5.95 Å². The van der Waals surface area contributed by atoms with Gasteiger partial charge in [-0.25, -0.2) is 9.97 Å². The third-order valence-electron chi connectivity index (χ3n) is 3.30. The first kappa shape index (κ1) is 13.5. The molecule has 6 nitrogen and oxygen atoms in total. The van der Waals surface area contributed by atoms with E-state index in [9.17, 15) is 0 Å². The summed E-state index contributed by atoms with van der Waals surface area (Å²) >= 11 is 7.69. The Balaban J connectivity index is 1.71. The molecule has 0 N–H and O–H groups in total. The maximum absolute atomic E-state index is 6.08. The van der Waals surface area contributed by atoms with E-state index in [0.717, 1.165) is 22.4 Å². The van der Waals surface area contributed by atoms with E-state index in [-0.39, 0.29) is 0 Å². The lowest BCUT2D eigenvalue weighted by Gasteiger charge is -2.27. The molecule has 3 heterocycles. The molecule has 4 rings (SSSR count). The first-order valence-corrected chi connectivity index (χ1v) is 8.01. The van der Waals surface area contributed by atoms with Crippen LogP contribution in [0.2, 0.25) is 5.02 Å². The van der Waals surface area contributed by atoms with Crippen molar-refractivity contribution >= 4 is 29.3 Å². The summed E-state index contributed by atoms with van der Waals surface area (Å²) in [5.74, 6) is 2.24. The molecular formula is C14H11ClN6S. The van der Waals surface area contributed by atoms with Gasteiger partial charge >= 0.3 is 0 Å².